The molecule has 2 N–H and O–H groups in total. The Labute approximate surface area is 115 Å². The Morgan fingerprint density at radius 1 is 1.37 bits per heavy atom. The molecular weight excluding hydrogens is 238 g/mol. The van der Waals surface area contributed by atoms with Crippen LogP contribution in [0.1, 0.15) is 40.7 Å². The fraction of sp³-hybridized carbons (Fsp3) is 0.562. The highest BCUT2D eigenvalue weighted by Crippen LogP contribution is 2.36. The predicted molar refractivity (Wildman–Crippen MR) is 76.7 cm³/mol. The van der Waals surface area contributed by atoms with Crippen LogP contribution in [0.2, 0.25) is 0 Å². The Bertz CT molecular complexity index is 482. The van der Waals surface area contributed by atoms with Gasteiger partial charge in [-0.25, -0.2) is 0 Å². The van der Waals surface area contributed by atoms with Gasteiger partial charge in [-0.2, -0.15) is 0 Å². The van der Waals surface area contributed by atoms with Crippen molar-refractivity contribution in [1.82, 2.24) is 0 Å². The molecule has 2 atom stereocenters. The zero-order valence-corrected chi connectivity index (χ0v) is 12.0. The molecule has 0 bridgehead atoms. The molecule has 0 aliphatic heterocycles. The van der Waals surface area contributed by atoms with Gasteiger partial charge >= 0.3 is 0 Å². The number of benzene rings is 1. The normalized spacial score (nSPS) is 22.5. The van der Waals surface area contributed by atoms with Gasteiger partial charge in [0.05, 0.1) is 12.7 Å². The Morgan fingerprint density at radius 3 is 2.74 bits per heavy atom. The largest absolute Gasteiger partial charge is 0.496 e. The maximum atomic E-state index is 12.8. The van der Waals surface area contributed by atoms with Crippen molar-refractivity contribution in [2.24, 2.45) is 17.6 Å². The Balaban J connectivity index is 2.38. The lowest BCUT2D eigenvalue weighted by atomic mass is 9.86. The molecule has 2 unspecified atom stereocenters. The van der Waals surface area contributed by atoms with E-state index < -0.39 is 0 Å². The number of hydrogen-bond acceptors (Lipinski definition) is 3. The summed E-state index contributed by atoms with van der Waals surface area (Å²) in [5, 5.41) is 0. The summed E-state index contributed by atoms with van der Waals surface area (Å²) in [7, 11) is 1.63. The van der Waals surface area contributed by atoms with Crippen molar-refractivity contribution in [2.75, 3.05) is 13.7 Å². The summed E-state index contributed by atoms with van der Waals surface area (Å²) in [5.41, 5.74) is 8.66. The first-order chi connectivity index (χ1) is 9.08. The van der Waals surface area contributed by atoms with Gasteiger partial charge in [-0.3, -0.25) is 4.79 Å². The van der Waals surface area contributed by atoms with Crippen molar-refractivity contribution in [3.63, 3.8) is 0 Å². The van der Waals surface area contributed by atoms with Gasteiger partial charge in [-0.15, -0.1) is 0 Å². The summed E-state index contributed by atoms with van der Waals surface area (Å²) >= 11 is 0. The van der Waals surface area contributed by atoms with E-state index in [1.807, 2.05) is 26.0 Å². The molecule has 0 amide bonds. The molecule has 1 aromatic rings. The summed E-state index contributed by atoms with van der Waals surface area (Å²) in [6.07, 6.45) is 3.13. The van der Waals surface area contributed by atoms with Crippen LogP contribution < -0.4 is 10.5 Å². The maximum Gasteiger partial charge on any atom is 0.170 e. The van der Waals surface area contributed by atoms with Gasteiger partial charge < -0.3 is 10.5 Å². The van der Waals surface area contributed by atoms with E-state index in [1.165, 1.54) is 0 Å². The monoisotopic (exact) mass is 261 g/mol. The van der Waals surface area contributed by atoms with Crippen LogP contribution in [0.4, 0.5) is 0 Å². The van der Waals surface area contributed by atoms with Crippen molar-refractivity contribution in [2.45, 2.75) is 33.1 Å². The van der Waals surface area contributed by atoms with Gasteiger partial charge in [0.1, 0.15) is 5.75 Å². The number of nitrogens with two attached hydrogens (primary N) is 1. The lowest BCUT2D eigenvalue weighted by Crippen LogP contribution is -2.26. The highest BCUT2D eigenvalue weighted by molar-refractivity contribution is 6.02. The molecule has 19 heavy (non-hydrogen) atoms. The molecule has 0 spiro atoms. The average molecular weight is 261 g/mol. The van der Waals surface area contributed by atoms with E-state index in [0.717, 1.165) is 36.0 Å². The van der Waals surface area contributed by atoms with Crippen molar-refractivity contribution in [3.8, 4) is 5.75 Å². The lowest BCUT2D eigenvalue weighted by molar-refractivity contribution is 0.0889. The zero-order valence-electron chi connectivity index (χ0n) is 12.0. The highest BCUT2D eigenvalue weighted by Gasteiger charge is 2.34. The van der Waals surface area contributed by atoms with E-state index in [-0.39, 0.29) is 11.7 Å². The molecular formula is C16H23NO2. The molecule has 1 fully saturated rings. The second-order valence-electron chi connectivity index (χ2n) is 5.56. The number of rotatable bonds is 4. The number of hydrogen-bond donors (Lipinski definition) is 1. The molecule has 1 aliphatic rings. The first kappa shape index (κ1) is 14.1. The number of ether oxygens (including phenoxy) is 1. The highest BCUT2D eigenvalue weighted by atomic mass is 16.5. The molecule has 0 radical (unpaired) electrons. The minimum atomic E-state index is 0.0697. The van der Waals surface area contributed by atoms with Crippen LogP contribution in [-0.4, -0.2) is 19.4 Å². The molecule has 104 valence electrons. The fourth-order valence-electron chi connectivity index (χ4n) is 3.25. The Morgan fingerprint density at radius 2 is 2.11 bits per heavy atom. The molecule has 0 saturated heterocycles. The molecule has 0 aromatic heterocycles. The quantitative estimate of drug-likeness (QED) is 0.848. The molecule has 1 saturated carbocycles. The van der Waals surface area contributed by atoms with Crippen LogP contribution in [0.3, 0.4) is 0 Å². The fourth-order valence-corrected chi connectivity index (χ4v) is 3.25. The van der Waals surface area contributed by atoms with E-state index in [1.54, 1.807) is 7.11 Å². The molecule has 2 rings (SSSR count). The first-order valence-corrected chi connectivity index (χ1v) is 6.98. The summed E-state index contributed by atoms with van der Waals surface area (Å²) in [6.45, 7) is 4.60. The number of ketones is 1. The molecule has 0 heterocycles. The molecule has 3 nitrogen and oxygen atoms in total. The maximum absolute atomic E-state index is 12.8. The summed E-state index contributed by atoms with van der Waals surface area (Å²) in [5.74, 6) is 1.31. The van der Waals surface area contributed by atoms with Gasteiger partial charge in [-0.1, -0.05) is 12.5 Å². The van der Waals surface area contributed by atoms with E-state index >= 15 is 0 Å². The smallest absolute Gasteiger partial charge is 0.170 e. The van der Waals surface area contributed by atoms with Gasteiger partial charge in [0.2, 0.25) is 0 Å². The standard InChI is InChI=1S/C16H23NO2/c1-10-7-11(2)15(14(8-10)19-3)16(18)13-6-4-5-12(13)9-17/h7-8,12-13H,4-6,9,17H2,1-3H3. The average Bonchev–Trinajstić information content (AvgIpc) is 2.85. The van der Waals surface area contributed by atoms with Crippen LogP contribution in [0.25, 0.3) is 0 Å². The summed E-state index contributed by atoms with van der Waals surface area (Å²) < 4.78 is 5.40. The van der Waals surface area contributed by atoms with E-state index in [4.69, 9.17) is 10.5 Å². The summed E-state index contributed by atoms with van der Waals surface area (Å²) in [6, 6.07) is 3.98. The number of Topliss-reactive ketones (excluding diaryl/α,β-unsaturated/α-hetero) is 1. The SMILES string of the molecule is COc1cc(C)cc(C)c1C(=O)C1CCCC1CN. The third kappa shape index (κ3) is 2.66. The number of carbonyl (C=O) groups excluding carboxylic acids is 1. The number of aryl methyl sites for hydroxylation is 2. The summed E-state index contributed by atoms with van der Waals surface area (Å²) in [4.78, 5) is 12.8. The van der Waals surface area contributed by atoms with E-state index in [0.29, 0.717) is 18.2 Å². The predicted octanol–water partition coefficient (Wildman–Crippen LogP) is 2.87. The third-order valence-corrected chi connectivity index (χ3v) is 4.21. The van der Waals surface area contributed by atoms with Crippen LogP contribution >= 0.6 is 0 Å². The Hall–Kier alpha value is -1.35. The second-order valence-corrected chi connectivity index (χ2v) is 5.56. The molecule has 1 aliphatic carbocycles. The number of methoxy groups -OCH3 is 1. The van der Waals surface area contributed by atoms with Crippen molar-refractivity contribution < 1.29 is 9.53 Å². The van der Waals surface area contributed by atoms with Crippen LogP contribution in [0, 0.1) is 25.7 Å². The van der Waals surface area contributed by atoms with Crippen molar-refractivity contribution in [1.29, 1.82) is 0 Å². The van der Waals surface area contributed by atoms with Crippen LogP contribution in [-0.2, 0) is 0 Å². The minimum Gasteiger partial charge on any atom is -0.496 e. The Kier molecular flexibility index (Phi) is 4.25. The van der Waals surface area contributed by atoms with E-state index in [9.17, 15) is 4.79 Å². The number of carbonyl (C=O) groups is 1. The van der Waals surface area contributed by atoms with Gasteiger partial charge in [0.25, 0.3) is 0 Å². The van der Waals surface area contributed by atoms with Gasteiger partial charge in [-0.05, 0) is 56.3 Å². The lowest BCUT2D eigenvalue weighted by Gasteiger charge is -2.20. The third-order valence-electron chi connectivity index (χ3n) is 4.21. The van der Waals surface area contributed by atoms with Crippen molar-refractivity contribution in [3.05, 3.63) is 28.8 Å². The van der Waals surface area contributed by atoms with Gasteiger partial charge in [0.15, 0.2) is 5.78 Å². The van der Waals surface area contributed by atoms with Crippen LogP contribution in [0.5, 0.6) is 5.75 Å². The first-order valence-electron chi connectivity index (χ1n) is 6.98. The van der Waals surface area contributed by atoms with Gasteiger partial charge in [0, 0.05) is 5.92 Å². The van der Waals surface area contributed by atoms with Crippen molar-refractivity contribution >= 4 is 5.78 Å². The molecule has 1 aromatic carbocycles. The zero-order chi connectivity index (χ0) is 14.0. The minimum absolute atomic E-state index is 0.0697. The topological polar surface area (TPSA) is 52.3 Å². The second kappa shape index (κ2) is 5.74. The van der Waals surface area contributed by atoms with Crippen LogP contribution in [0.15, 0.2) is 12.1 Å². The van der Waals surface area contributed by atoms with E-state index in [2.05, 4.69) is 0 Å². The molecule has 3 heteroatoms.